The lowest BCUT2D eigenvalue weighted by Crippen LogP contribution is -2.11. The molecule has 0 atom stereocenters. The molecule has 0 bridgehead atoms. The summed E-state index contributed by atoms with van der Waals surface area (Å²) in [7, 11) is 0. The Morgan fingerprint density at radius 1 is 1.28 bits per heavy atom. The number of amides is 1. The molecule has 1 aromatic heterocycles. The summed E-state index contributed by atoms with van der Waals surface area (Å²) in [5.41, 5.74) is 4.01. The van der Waals surface area contributed by atoms with Gasteiger partial charge in [-0.1, -0.05) is 18.2 Å². The lowest BCUT2D eigenvalue weighted by atomic mass is 10.1. The van der Waals surface area contributed by atoms with Crippen molar-refractivity contribution < 1.29 is 18.0 Å². The van der Waals surface area contributed by atoms with E-state index in [1.807, 2.05) is 0 Å². The summed E-state index contributed by atoms with van der Waals surface area (Å²) in [6, 6.07) is 4.95. The normalized spacial score (nSPS) is 11.5. The van der Waals surface area contributed by atoms with Crippen LogP contribution in [0, 0.1) is 0 Å². The number of aromatic nitrogens is 2. The molecular formula is C11H8F3N3O. The number of halogens is 3. The van der Waals surface area contributed by atoms with Crippen molar-refractivity contribution in [3.8, 4) is 11.4 Å². The molecule has 1 aromatic carbocycles. The van der Waals surface area contributed by atoms with E-state index in [1.54, 1.807) is 0 Å². The zero-order valence-electron chi connectivity index (χ0n) is 8.95. The molecule has 2 rings (SSSR count). The first kappa shape index (κ1) is 12.2. The van der Waals surface area contributed by atoms with Crippen LogP contribution in [0.2, 0.25) is 0 Å². The SMILES string of the molecule is NC(=O)c1cnc(-c2ccccc2C(F)(F)F)[nH]1. The Kier molecular flexibility index (Phi) is 2.82. The Morgan fingerprint density at radius 2 is 1.94 bits per heavy atom. The topological polar surface area (TPSA) is 71.8 Å². The molecule has 0 aliphatic rings. The first-order valence-corrected chi connectivity index (χ1v) is 4.91. The minimum atomic E-state index is -4.49. The van der Waals surface area contributed by atoms with E-state index in [4.69, 9.17) is 5.73 Å². The molecule has 94 valence electrons. The van der Waals surface area contributed by atoms with E-state index in [1.165, 1.54) is 18.2 Å². The summed E-state index contributed by atoms with van der Waals surface area (Å²) in [5, 5.41) is 0. The van der Waals surface area contributed by atoms with E-state index in [2.05, 4.69) is 9.97 Å². The first-order valence-electron chi connectivity index (χ1n) is 4.91. The zero-order valence-corrected chi connectivity index (χ0v) is 8.95. The van der Waals surface area contributed by atoms with E-state index < -0.39 is 17.6 Å². The van der Waals surface area contributed by atoms with Crippen molar-refractivity contribution in [1.82, 2.24) is 9.97 Å². The number of aromatic amines is 1. The number of nitrogens with zero attached hydrogens (tertiary/aromatic N) is 1. The van der Waals surface area contributed by atoms with Gasteiger partial charge in [0.25, 0.3) is 5.91 Å². The fourth-order valence-electron chi connectivity index (χ4n) is 1.52. The quantitative estimate of drug-likeness (QED) is 0.863. The molecule has 4 nitrogen and oxygen atoms in total. The van der Waals surface area contributed by atoms with Crippen molar-refractivity contribution in [2.45, 2.75) is 6.18 Å². The molecule has 1 heterocycles. The summed E-state index contributed by atoms with van der Waals surface area (Å²) in [5.74, 6) is -0.824. The number of alkyl halides is 3. The van der Waals surface area contributed by atoms with Gasteiger partial charge < -0.3 is 10.7 Å². The second-order valence-corrected chi connectivity index (χ2v) is 3.55. The Hall–Kier alpha value is -2.31. The molecule has 1 amide bonds. The number of hydrogen-bond donors (Lipinski definition) is 2. The highest BCUT2D eigenvalue weighted by molar-refractivity contribution is 5.91. The Balaban J connectivity index is 2.53. The maximum absolute atomic E-state index is 12.8. The summed E-state index contributed by atoms with van der Waals surface area (Å²) in [6.45, 7) is 0. The molecule has 0 spiro atoms. The van der Waals surface area contributed by atoms with E-state index in [9.17, 15) is 18.0 Å². The van der Waals surface area contributed by atoms with Crippen LogP contribution >= 0.6 is 0 Å². The smallest absolute Gasteiger partial charge is 0.364 e. The van der Waals surface area contributed by atoms with Crippen LogP contribution in [0.15, 0.2) is 30.5 Å². The van der Waals surface area contributed by atoms with Gasteiger partial charge in [0, 0.05) is 5.56 Å². The van der Waals surface area contributed by atoms with E-state index >= 15 is 0 Å². The Labute approximate surface area is 99.6 Å². The maximum Gasteiger partial charge on any atom is 0.417 e. The van der Waals surface area contributed by atoms with Crippen LogP contribution < -0.4 is 5.73 Å². The van der Waals surface area contributed by atoms with Crippen molar-refractivity contribution in [1.29, 1.82) is 0 Å². The molecule has 0 saturated carbocycles. The molecule has 3 N–H and O–H groups in total. The highest BCUT2D eigenvalue weighted by Crippen LogP contribution is 2.35. The van der Waals surface area contributed by atoms with Gasteiger partial charge in [0.1, 0.15) is 11.5 Å². The van der Waals surface area contributed by atoms with Gasteiger partial charge in [-0.25, -0.2) is 4.98 Å². The molecule has 2 aromatic rings. The molecule has 0 fully saturated rings. The van der Waals surface area contributed by atoms with Gasteiger partial charge in [-0.05, 0) is 6.07 Å². The molecule has 7 heteroatoms. The number of H-pyrrole nitrogens is 1. The van der Waals surface area contributed by atoms with Crippen LogP contribution in [0.3, 0.4) is 0 Å². The summed E-state index contributed by atoms with van der Waals surface area (Å²) in [6.07, 6.45) is -3.39. The standard InChI is InChI=1S/C11H8F3N3O/c12-11(13,14)7-4-2-1-3-6(7)10-16-5-8(17-10)9(15)18/h1-5H,(H2,15,18)(H,16,17). The molecular weight excluding hydrogens is 247 g/mol. The highest BCUT2D eigenvalue weighted by Gasteiger charge is 2.34. The number of nitrogens with two attached hydrogens (primary N) is 1. The average molecular weight is 255 g/mol. The van der Waals surface area contributed by atoms with Crippen LogP contribution in [0.1, 0.15) is 16.1 Å². The van der Waals surface area contributed by atoms with Crippen LogP contribution in [0.5, 0.6) is 0 Å². The van der Waals surface area contributed by atoms with Gasteiger partial charge in [-0.3, -0.25) is 4.79 Å². The second kappa shape index (κ2) is 4.17. The number of rotatable bonds is 2. The molecule has 0 unspecified atom stereocenters. The number of benzene rings is 1. The second-order valence-electron chi connectivity index (χ2n) is 3.55. The monoisotopic (exact) mass is 255 g/mol. The number of nitrogens with one attached hydrogen (secondary N) is 1. The summed E-state index contributed by atoms with van der Waals surface area (Å²) >= 11 is 0. The van der Waals surface area contributed by atoms with Crippen molar-refractivity contribution in [3.05, 3.63) is 41.7 Å². The third-order valence-corrected chi connectivity index (χ3v) is 2.33. The number of carbonyl (C=O) groups excluding carboxylic acids is 1. The van der Waals surface area contributed by atoms with Gasteiger partial charge in [0.05, 0.1) is 11.8 Å². The zero-order chi connectivity index (χ0) is 13.3. The predicted octanol–water partition coefficient (Wildman–Crippen LogP) is 2.19. The number of imidazole rings is 1. The highest BCUT2D eigenvalue weighted by atomic mass is 19.4. The Morgan fingerprint density at radius 3 is 2.50 bits per heavy atom. The number of primary amides is 1. The van der Waals surface area contributed by atoms with Crippen molar-refractivity contribution in [2.24, 2.45) is 5.73 Å². The average Bonchev–Trinajstić information content (AvgIpc) is 2.77. The van der Waals surface area contributed by atoms with Gasteiger partial charge in [0.15, 0.2) is 0 Å². The van der Waals surface area contributed by atoms with E-state index in [-0.39, 0.29) is 17.1 Å². The van der Waals surface area contributed by atoms with Crippen molar-refractivity contribution in [3.63, 3.8) is 0 Å². The van der Waals surface area contributed by atoms with E-state index in [0.29, 0.717) is 0 Å². The predicted molar refractivity (Wildman–Crippen MR) is 57.5 cm³/mol. The molecule has 0 saturated heterocycles. The van der Waals surface area contributed by atoms with Crippen molar-refractivity contribution >= 4 is 5.91 Å². The summed E-state index contributed by atoms with van der Waals surface area (Å²) < 4.78 is 38.3. The fraction of sp³-hybridized carbons (Fsp3) is 0.0909. The third-order valence-electron chi connectivity index (χ3n) is 2.33. The molecule has 0 radical (unpaired) electrons. The first-order chi connectivity index (χ1) is 8.39. The van der Waals surface area contributed by atoms with Crippen LogP contribution in [0.4, 0.5) is 13.2 Å². The molecule has 0 aliphatic heterocycles. The fourth-order valence-corrected chi connectivity index (χ4v) is 1.52. The third kappa shape index (κ3) is 2.20. The van der Waals surface area contributed by atoms with Crippen LogP contribution in [0.25, 0.3) is 11.4 Å². The minimum absolute atomic E-state index is 0.0398. The van der Waals surface area contributed by atoms with Gasteiger partial charge >= 0.3 is 6.18 Å². The van der Waals surface area contributed by atoms with Gasteiger partial charge in [0.2, 0.25) is 0 Å². The molecule has 0 aliphatic carbocycles. The number of carbonyl (C=O) groups is 1. The van der Waals surface area contributed by atoms with Crippen LogP contribution in [-0.2, 0) is 6.18 Å². The Bertz CT molecular complexity index is 589. The lowest BCUT2D eigenvalue weighted by molar-refractivity contribution is -0.137. The summed E-state index contributed by atoms with van der Waals surface area (Å²) in [4.78, 5) is 17.0. The minimum Gasteiger partial charge on any atom is -0.364 e. The van der Waals surface area contributed by atoms with Crippen molar-refractivity contribution in [2.75, 3.05) is 0 Å². The maximum atomic E-state index is 12.8. The molecule has 18 heavy (non-hydrogen) atoms. The largest absolute Gasteiger partial charge is 0.417 e. The van der Waals surface area contributed by atoms with Crippen LogP contribution in [-0.4, -0.2) is 15.9 Å². The van der Waals surface area contributed by atoms with Gasteiger partial charge in [-0.15, -0.1) is 0 Å². The van der Waals surface area contributed by atoms with E-state index in [0.717, 1.165) is 12.3 Å². The number of hydrogen-bond acceptors (Lipinski definition) is 2. The lowest BCUT2D eigenvalue weighted by Gasteiger charge is -2.10. The van der Waals surface area contributed by atoms with Gasteiger partial charge in [-0.2, -0.15) is 13.2 Å².